The molecule has 0 amide bonds. The number of benzene rings is 1. The number of hydrogen-bond donors (Lipinski definition) is 2. The lowest BCUT2D eigenvalue weighted by molar-refractivity contribution is 0.594. The van der Waals surface area contributed by atoms with Gasteiger partial charge in [-0.05, 0) is 32.0 Å². The number of anilines is 1. The number of rotatable bonds is 4. The molecule has 3 N–H and O–H groups in total. The maximum Gasteiger partial charge on any atom is 0.240 e. The third kappa shape index (κ3) is 2.66. The summed E-state index contributed by atoms with van der Waals surface area (Å²) in [6.45, 7) is 4.64. The van der Waals surface area contributed by atoms with Crippen LogP contribution in [0.25, 0.3) is 0 Å². The van der Waals surface area contributed by atoms with Crippen LogP contribution in [-0.2, 0) is 10.0 Å². The van der Waals surface area contributed by atoms with Crippen LogP contribution in [0, 0.1) is 0 Å². The molecule has 1 atom stereocenters. The highest BCUT2D eigenvalue weighted by Gasteiger charge is 2.25. The molecule has 1 saturated heterocycles. The molecule has 5 nitrogen and oxygen atoms in total. The van der Waals surface area contributed by atoms with Crippen LogP contribution in [0.1, 0.15) is 13.3 Å². The minimum atomic E-state index is -3.68. The summed E-state index contributed by atoms with van der Waals surface area (Å²) >= 11 is 0. The first kappa shape index (κ1) is 13.3. The largest absolute Gasteiger partial charge is 0.366 e. The molecule has 1 aromatic rings. The van der Waals surface area contributed by atoms with Crippen molar-refractivity contribution in [2.24, 2.45) is 5.14 Å². The third-order valence-electron chi connectivity index (χ3n) is 3.30. The number of nitrogens with two attached hydrogens (primary N) is 1. The first-order chi connectivity index (χ1) is 8.54. The topological polar surface area (TPSA) is 75.4 Å². The summed E-state index contributed by atoms with van der Waals surface area (Å²) in [5.41, 5.74) is 0.705. The van der Waals surface area contributed by atoms with Gasteiger partial charge in [-0.3, -0.25) is 0 Å². The summed E-state index contributed by atoms with van der Waals surface area (Å²) in [5, 5.41) is 8.57. The highest BCUT2D eigenvalue weighted by atomic mass is 32.2. The molecule has 2 rings (SSSR count). The van der Waals surface area contributed by atoms with E-state index in [0.717, 1.165) is 26.1 Å². The van der Waals surface area contributed by atoms with Gasteiger partial charge in [0, 0.05) is 19.1 Å². The van der Waals surface area contributed by atoms with Gasteiger partial charge in [-0.15, -0.1) is 0 Å². The Labute approximate surface area is 108 Å². The third-order valence-corrected chi connectivity index (χ3v) is 4.26. The van der Waals surface area contributed by atoms with Crippen molar-refractivity contribution in [3.63, 3.8) is 0 Å². The van der Waals surface area contributed by atoms with E-state index in [1.54, 1.807) is 12.1 Å². The molecular formula is C12H19N3O2S. The van der Waals surface area contributed by atoms with Gasteiger partial charge in [0.25, 0.3) is 0 Å². The van der Waals surface area contributed by atoms with Crippen molar-refractivity contribution in [3.8, 4) is 0 Å². The fourth-order valence-electron chi connectivity index (χ4n) is 2.47. The standard InChI is InChI=1S/C12H19N3O2S/c1-2-15(10-7-8-14-9-10)11-5-3-4-6-12(11)18(13,16)17/h3-6,10,14H,2,7-9H2,1H3,(H2,13,16,17). The van der Waals surface area contributed by atoms with E-state index in [9.17, 15) is 8.42 Å². The second-order valence-corrected chi connectivity index (χ2v) is 5.98. The zero-order valence-corrected chi connectivity index (χ0v) is 11.3. The molecule has 1 fully saturated rings. The van der Waals surface area contributed by atoms with Gasteiger partial charge in [-0.1, -0.05) is 12.1 Å². The van der Waals surface area contributed by atoms with E-state index < -0.39 is 10.0 Å². The Bertz CT molecular complexity index is 510. The van der Waals surface area contributed by atoms with Crippen molar-refractivity contribution < 1.29 is 8.42 Å². The molecule has 1 unspecified atom stereocenters. The van der Waals surface area contributed by atoms with Crippen molar-refractivity contribution in [3.05, 3.63) is 24.3 Å². The van der Waals surface area contributed by atoms with Crippen molar-refractivity contribution in [1.82, 2.24) is 5.32 Å². The molecule has 0 bridgehead atoms. The zero-order valence-electron chi connectivity index (χ0n) is 10.5. The Morgan fingerprint density at radius 2 is 2.17 bits per heavy atom. The average molecular weight is 269 g/mol. The van der Waals surface area contributed by atoms with Gasteiger partial charge in [0.2, 0.25) is 10.0 Å². The van der Waals surface area contributed by atoms with Crippen LogP contribution in [0.4, 0.5) is 5.69 Å². The lowest BCUT2D eigenvalue weighted by atomic mass is 10.2. The molecule has 100 valence electrons. The number of nitrogens with zero attached hydrogens (tertiary/aromatic N) is 1. The van der Waals surface area contributed by atoms with Crippen LogP contribution < -0.4 is 15.4 Å². The predicted octanol–water partition coefficient (Wildman–Crippen LogP) is 0.522. The fourth-order valence-corrected chi connectivity index (χ4v) is 3.21. The fraction of sp³-hybridized carbons (Fsp3) is 0.500. The van der Waals surface area contributed by atoms with Crippen LogP contribution in [-0.4, -0.2) is 34.1 Å². The van der Waals surface area contributed by atoms with E-state index in [1.807, 2.05) is 19.1 Å². The molecule has 1 aliphatic rings. The van der Waals surface area contributed by atoms with Gasteiger partial charge in [-0.25, -0.2) is 13.6 Å². The number of sulfonamides is 1. The molecule has 1 aromatic carbocycles. The average Bonchev–Trinajstić information content (AvgIpc) is 2.83. The Morgan fingerprint density at radius 1 is 1.44 bits per heavy atom. The summed E-state index contributed by atoms with van der Waals surface area (Å²) in [6, 6.07) is 7.26. The first-order valence-corrected chi connectivity index (χ1v) is 7.68. The smallest absolute Gasteiger partial charge is 0.240 e. The molecule has 1 heterocycles. The molecule has 6 heteroatoms. The van der Waals surface area contributed by atoms with Crippen molar-refractivity contribution >= 4 is 15.7 Å². The SMILES string of the molecule is CCN(c1ccccc1S(N)(=O)=O)C1CCNC1. The minimum absolute atomic E-state index is 0.207. The van der Waals surface area contributed by atoms with E-state index in [2.05, 4.69) is 10.2 Å². The van der Waals surface area contributed by atoms with Gasteiger partial charge >= 0.3 is 0 Å². The first-order valence-electron chi connectivity index (χ1n) is 6.13. The molecule has 0 aromatic heterocycles. The quantitative estimate of drug-likeness (QED) is 0.835. The maximum atomic E-state index is 11.6. The molecule has 18 heavy (non-hydrogen) atoms. The summed E-state index contributed by atoms with van der Waals surface area (Å²) in [4.78, 5) is 2.32. The van der Waals surface area contributed by atoms with Gasteiger partial charge in [0.1, 0.15) is 4.90 Å². The molecule has 0 aliphatic carbocycles. The van der Waals surface area contributed by atoms with Crippen molar-refractivity contribution in [2.75, 3.05) is 24.5 Å². The number of nitrogens with one attached hydrogen (secondary N) is 1. The van der Waals surface area contributed by atoms with E-state index in [4.69, 9.17) is 5.14 Å². The second kappa shape index (κ2) is 5.26. The molecular weight excluding hydrogens is 250 g/mol. The van der Waals surface area contributed by atoms with Crippen LogP contribution in [0.5, 0.6) is 0 Å². The maximum absolute atomic E-state index is 11.6. The van der Waals surface area contributed by atoms with Gasteiger partial charge in [0.15, 0.2) is 0 Å². The molecule has 1 aliphatic heterocycles. The Kier molecular flexibility index (Phi) is 3.89. The normalized spacial score (nSPS) is 20.0. The van der Waals surface area contributed by atoms with E-state index in [1.165, 1.54) is 0 Å². The molecule has 0 saturated carbocycles. The second-order valence-electron chi connectivity index (χ2n) is 4.45. The highest BCUT2D eigenvalue weighted by Crippen LogP contribution is 2.27. The van der Waals surface area contributed by atoms with E-state index >= 15 is 0 Å². The highest BCUT2D eigenvalue weighted by molar-refractivity contribution is 7.89. The van der Waals surface area contributed by atoms with Crippen LogP contribution in [0.3, 0.4) is 0 Å². The van der Waals surface area contributed by atoms with E-state index in [0.29, 0.717) is 11.7 Å². The Hall–Kier alpha value is -1.11. The number of likely N-dealkylation sites (N-methyl/N-ethyl adjacent to an activating group) is 1. The van der Waals surface area contributed by atoms with Gasteiger partial charge in [-0.2, -0.15) is 0 Å². The minimum Gasteiger partial charge on any atom is -0.366 e. The van der Waals surface area contributed by atoms with Crippen LogP contribution >= 0.6 is 0 Å². The zero-order chi connectivity index (χ0) is 13.2. The summed E-state index contributed by atoms with van der Waals surface area (Å²) < 4.78 is 23.2. The summed E-state index contributed by atoms with van der Waals surface area (Å²) in [6.07, 6.45) is 1.02. The van der Waals surface area contributed by atoms with Gasteiger partial charge < -0.3 is 10.2 Å². The Balaban J connectivity index is 2.42. The predicted molar refractivity (Wildman–Crippen MR) is 72.1 cm³/mol. The van der Waals surface area contributed by atoms with Crippen LogP contribution in [0.2, 0.25) is 0 Å². The monoisotopic (exact) mass is 269 g/mol. The lowest BCUT2D eigenvalue weighted by Crippen LogP contribution is -2.37. The number of hydrogen-bond acceptors (Lipinski definition) is 4. The number of para-hydroxylation sites is 1. The van der Waals surface area contributed by atoms with Gasteiger partial charge in [0.05, 0.1) is 5.69 Å². The van der Waals surface area contributed by atoms with E-state index in [-0.39, 0.29) is 4.90 Å². The van der Waals surface area contributed by atoms with Crippen molar-refractivity contribution in [2.45, 2.75) is 24.3 Å². The van der Waals surface area contributed by atoms with Crippen molar-refractivity contribution in [1.29, 1.82) is 0 Å². The summed E-state index contributed by atoms with van der Waals surface area (Å²) in [5.74, 6) is 0. The van der Waals surface area contributed by atoms with Crippen LogP contribution in [0.15, 0.2) is 29.2 Å². The molecule has 0 spiro atoms. The Morgan fingerprint density at radius 3 is 2.72 bits per heavy atom. The number of primary sulfonamides is 1. The molecule has 0 radical (unpaired) electrons. The summed E-state index contributed by atoms with van der Waals surface area (Å²) in [7, 11) is -3.68. The lowest BCUT2D eigenvalue weighted by Gasteiger charge is -2.30.